The van der Waals surface area contributed by atoms with Gasteiger partial charge in [0.15, 0.2) is 0 Å². The Morgan fingerprint density at radius 3 is 2.86 bits per heavy atom. The van der Waals surface area contributed by atoms with Crippen LogP contribution < -0.4 is 0 Å². The Morgan fingerprint density at radius 2 is 2.14 bits per heavy atom. The molecule has 2 atom stereocenters. The first-order valence-corrected chi connectivity index (χ1v) is 5.82. The van der Waals surface area contributed by atoms with Crippen LogP contribution in [-0.4, -0.2) is 0 Å². The van der Waals surface area contributed by atoms with Gasteiger partial charge < -0.3 is 0 Å². The largest absolute Gasteiger partial charge is 0.0648 e. The molecule has 1 aliphatic rings. The van der Waals surface area contributed by atoms with Crippen molar-refractivity contribution in [3.05, 3.63) is 34.9 Å². The summed E-state index contributed by atoms with van der Waals surface area (Å²) < 4.78 is 0. The van der Waals surface area contributed by atoms with Gasteiger partial charge in [0, 0.05) is 0 Å². The minimum Gasteiger partial charge on any atom is -0.0648 e. The van der Waals surface area contributed by atoms with Gasteiger partial charge in [0.05, 0.1) is 0 Å². The molecular formula is C14H20. The summed E-state index contributed by atoms with van der Waals surface area (Å²) in [5.74, 6) is 1.67. The lowest BCUT2D eigenvalue weighted by atomic mass is 9.73. The van der Waals surface area contributed by atoms with E-state index in [1.54, 1.807) is 11.1 Å². The molecule has 14 heavy (non-hydrogen) atoms. The standard InChI is InChI=1S/C14H20/c1-4-13-10(2)8-9-12-7-5-6-11(3)14(12)13/h5-7,10,13H,4,8-9H2,1-3H3. The highest BCUT2D eigenvalue weighted by molar-refractivity contribution is 5.39. The molecule has 2 rings (SSSR count). The Labute approximate surface area is 87.3 Å². The Morgan fingerprint density at radius 1 is 1.36 bits per heavy atom. The van der Waals surface area contributed by atoms with E-state index in [0.29, 0.717) is 0 Å². The second-order valence-electron chi connectivity index (χ2n) is 4.68. The van der Waals surface area contributed by atoms with Gasteiger partial charge >= 0.3 is 0 Å². The van der Waals surface area contributed by atoms with E-state index < -0.39 is 0 Å². The lowest BCUT2D eigenvalue weighted by molar-refractivity contribution is 0.392. The average Bonchev–Trinajstić information content (AvgIpc) is 2.19. The predicted octanol–water partition coefficient (Wildman–Crippen LogP) is 4.07. The van der Waals surface area contributed by atoms with Crippen molar-refractivity contribution in [2.75, 3.05) is 0 Å². The summed E-state index contributed by atoms with van der Waals surface area (Å²) in [5.41, 5.74) is 4.77. The van der Waals surface area contributed by atoms with Crippen molar-refractivity contribution < 1.29 is 0 Å². The number of aryl methyl sites for hydroxylation is 2. The SMILES string of the molecule is CCC1c2c(C)cccc2CCC1C. The van der Waals surface area contributed by atoms with Crippen molar-refractivity contribution >= 4 is 0 Å². The molecule has 1 aliphatic carbocycles. The molecule has 1 aromatic carbocycles. The molecule has 0 saturated carbocycles. The highest BCUT2D eigenvalue weighted by atomic mass is 14.3. The highest BCUT2D eigenvalue weighted by Crippen LogP contribution is 2.39. The van der Waals surface area contributed by atoms with Gasteiger partial charge in [-0.2, -0.15) is 0 Å². The van der Waals surface area contributed by atoms with Gasteiger partial charge in [-0.3, -0.25) is 0 Å². The first-order valence-electron chi connectivity index (χ1n) is 5.82. The third-order valence-electron chi connectivity index (χ3n) is 3.78. The number of rotatable bonds is 1. The molecule has 0 heterocycles. The molecule has 0 aromatic heterocycles. The van der Waals surface area contributed by atoms with Crippen molar-refractivity contribution in [2.45, 2.75) is 46.0 Å². The van der Waals surface area contributed by atoms with Crippen LogP contribution in [0.15, 0.2) is 18.2 Å². The van der Waals surface area contributed by atoms with E-state index in [-0.39, 0.29) is 0 Å². The van der Waals surface area contributed by atoms with Crippen molar-refractivity contribution in [3.63, 3.8) is 0 Å². The molecule has 0 bridgehead atoms. The van der Waals surface area contributed by atoms with Gasteiger partial charge in [0.2, 0.25) is 0 Å². The van der Waals surface area contributed by atoms with Crippen LogP contribution in [0, 0.1) is 12.8 Å². The maximum absolute atomic E-state index is 2.41. The molecule has 0 N–H and O–H groups in total. The zero-order valence-corrected chi connectivity index (χ0v) is 9.51. The average molecular weight is 188 g/mol. The molecule has 0 fully saturated rings. The molecule has 0 nitrogen and oxygen atoms in total. The van der Waals surface area contributed by atoms with Crippen LogP contribution in [-0.2, 0) is 6.42 Å². The second-order valence-corrected chi connectivity index (χ2v) is 4.68. The molecule has 76 valence electrons. The molecule has 0 spiro atoms. The smallest absolute Gasteiger partial charge is 0.0133 e. The third-order valence-corrected chi connectivity index (χ3v) is 3.78. The normalized spacial score (nSPS) is 25.9. The molecule has 2 unspecified atom stereocenters. The van der Waals surface area contributed by atoms with Crippen LogP contribution >= 0.6 is 0 Å². The van der Waals surface area contributed by atoms with Crippen LogP contribution in [0.4, 0.5) is 0 Å². The zero-order valence-electron chi connectivity index (χ0n) is 9.51. The molecule has 0 saturated heterocycles. The fourth-order valence-corrected chi connectivity index (χ4v) is 2.97. The van der Waals surface area contributed by atoms with Gasteiger partial charge in [-0.1, -0.05) is 32.0 Å². The molecule has 1 aromatic rings. The minimum atomic E-state index is 0.806. The van der Waals surface area contributed by atoms with Crippen molar-refractivity contribution in [3.8, 4) is 0 Å². The zero-order chi connectivity index (χ0) is 10.1. The summed E-state index contributed by atoms with van der Waals surface area (Å²) in [6.45, 7) is 6.99. The van der Waals surface area contributed by atoms with Gasteiger partial charge in [-0.05, 0) is 54.7 Å². The summed E-state index contributed by atoms with van der Waals surface area (Å²) in [6.07, 6.45) is 3.95. The second kappa shape index (κ2) is 3.76. The Kier molecular flexibility index (Phi) is 2.62. The van der Waals surface area contributed by atoms with E-state index in [4.69, 9.17) is 0 Å². The monoisotopic (exact) mass is 188 g/mol. The fraction of sp³-hybridized carbons (Fsp3) is 0.571. The van der Waals surface area contributed by atoms with Crippen LogP contribution in [0.25, 0.3) is 0 Å². The minimum absolute atomic E-state index is 0.806. The molecule has 0 heteroatoms. The summed E-state index contributed by atoms with van der Waals surface area (Å²) in [5, 5.41) is 0. The summed E-state index contributed by atoms with van der Waals surface area (Å²) in [7, 11) is 0. The molecule has 0 radical (unpaired) electrons. The van der Waals surface area contributed by atoms with Gasteiger partial charge in [0.1, 0.15) is 0 Å². The van der Waals surface area contributed by atoms with Gasteiger partial charge in [-0.25, -0.2) is 0 Å². The van der Waals surface area contributed by atoms with Crippen LogP contribution in [0.3, 0.4) is 0 Å². The molecular weight excluding hydrogens is 168 g/mol. The number of hydrogen-bond acceptors (Lipinski definition) is 0. The first kappa shape index (κ1) is 9.76. The van der Waals surface area contributed by atoms with Crippen LogP contribution in [0.5, 0.6) is 0 Å². The highest BCUT2D eigenvalue weighted by Gasteiger charge is 2.25. The van der Waals surface area contributed by atoms with Gasteiger partial charge in [0.25, 0.3) is 0 Å². The van der Waals surface area contributed by atoms with Crippen LogP contribution in [0.2, 0.25) is 0 Å². The maximum Gasteiger partial charge on any atom is -0.0133 e. The van der Waals surface area contributed by atoms with E-state index in [2.05, 4.69) is 39.0 Å². The number of hydrogen-bond donors (Lipinski definition) is 0. The molecule has 0 amide bonds. The summed E-state index contributed by atoms with van der Waals surface area (Å²) in [6, 6.07) is 6.78. The van der Waals surface area contributed by atoms with E-state index in [1.165, 1.54) is 24.8 Å². The fourth-order valence-electron chi connectivity index (χ4n) is 2.97. The lowest BCUT2D eigenvalue weighted by Crippen LogP contribution is -2.18. The molecule has 0 aliphatic heterocycles. The topological polar surface area (TPSA) is 0 Å². The van der Waals surface area contributed by atoms with E-state index >= 15 is 0 Å². The number of benzene rings is 1. The van der Waals surface area contributed by atoms with E-state index in [9.17, 15) is 0 Å². The Hall–Kier alpha value is -0.780. The summed E-state index contributed by atoms with van der Waals surface area (Å²) in [4.78, 5) is 0. The van der Waals surface area contributed by atoms with Crippen molar-refractivity contribution in [1.82, 2.24) is 0 Å². The third kappa shape index (κ3) is 1.47. The lowest BCUT2D eigenvalue weighted by Gasteiger charge is -2.32. The van der Waals surface area contributed by atoms with Crippen molar-refractivity contribution in [2.24, 2.45) is 5.92 Å². The Balaban J connectivity index is 2.49. The number of fused-ring (bicyclic) bond motifs is 1. The summed E-state index contributed by atoms with van der Waals surface area (Å²) >= 11 is 0. The maximum atomic E-state index is 2.41. The quantitative estimate of drug-likeness (QED) is 0.623. The van der Waals surface area contributed by atoms with E-state index in [0.717, 1.165) is 11.8 Å². The predicted molar refractivity (Wildman–Crippen MR) is 61.7 cm³/mol. The van der Waals surface area contributed by atoms with Crippen LogP contribution in [0.1, 0.15) is 49.3 Å². The first-order chi connectivity index (χ1) is 6.74. The van der Waals surface area contributed by atoms with Gasteiger partial charge in [-0.15, -0.1) is 0 Å². The van der Waals surface area contributed by atoms with E-state index in [1.807, 2.05) is 0 Å². The van der Waals surface area contributed by atoms with Crippen molar-refractivity contribution in [1.29, 1.82) is 0 Å². The Bertz CT molecular complexity index is 325.